The Hall–Kier alpha value is -2.28. The van der Waals surface area contributed by atoms with Crippen LogP contribution in [0.4, 0.5) is 11.4 Å². The highest BCUT2D eigenvalue weighted by atomic mass is 35.5. The van der Waals surface area contributed by atoms with Crippen molar-refractivity contribution in [1.29, 1.82) is 0 Å². The van der Waals surface area contributed by atoms with Crippen LogP contribution in [-0.4, -0.2) is 75.9 Å². The standard InChI is InChI=1S/C26H33ClN4O2/c27-21-6-8-22(9-7-21)30-12-13-31-24-5-2-1-4-20(24)18-23(25(31)19-30)26(32)28-10-3-11-29-14-16-33-17-15-29/h1-2,4-9,23,25H,3,10-19H2,(H,28,32). The largest absolute Gasteiger partial charge is 0.379 e. The molecule has 3 aliphatic rings. The highest BCUT2D eigenvalue weighted by molar-refractivity contribution is 6.30. The fourth-order valence-electron chi connectivity index (χ4n) is 5.41. The van der Waals surface area contributed by atoms with E-state index in [9.17, 15) is 4.79 Å². The van der Waals surface area contributed by atoms with Gasteiger partial charge in [-0.2, -0.15) is 0 Å². The molecule has 176 valence electrons. The lowest BCUT2D eigenvalue weighted by Gasteiger charge is -2.49. The van der Waals surface area contributed by atoms with Crippen LogP contribution in [0.1, 0.15) is 12.0 Å². The number of amides is 1. The maximum Gasteiger partial charge on any atom is 0.225 e. The lowest BCUT2D eigenvalue weighted by molar-refractivity contribution is -0.125. The summed E-state index contributed by atoms with van der Waals surface area (Å²) < 4.78 is 5.42. The molecule has 2 fully saturated rings. The van der Waals surface area contributed by atoms with E-state index in [2.05, 4.69) is 56.4 Å². The van der Waals surface area contributed by atoms with Gasteiger partial charge in [-0.1, -0.05) is 29.8 Å². The number of halogens is 1. The van der Waals surface area contributed by atoms with Gasteiger partial charge in [-0.15, -0.1) is 0 Å². The molecule has 0 saturated carbocycles. The summed E-state index contributed by atoms with van der Waals surface area (Å²) in [6.07, 6.45) is 1.77. The third-order valence-corrected chi connectivity index (χ3v) is 7.46. The normalized spacial score (nSPS) is 23.1. The van der Waals surface area contributed by atoms with Crippen molar-refractivity contribution < 1.29 is 9.53 Å². The summed E-state index contributed by atoms with van der Waals surface area (Å²) in [4.78, 5) is 20.7. The third kappa shape index (κ3) is 5.13. The van der Waals surface area contributed by atoms with Crippen LogP contribution in [0.5, 0.6) is 0 Å². The van der Waals surface area contributed by atoms with Crippen molar-refractivity contribution >= 4 is 28.9 Å². The Bertz CT molecular complexity index is 948. The molecule has 0 aromatic heterocycles. The average Bonchev–Trinajstić information content (AvgIpc) is 2.87. The number of benzene rings is 2. The van der Waals surface area contributed by atoms with Crippen molar-refractivity contribution in [3.05, 3.63) is 59.1 Å². The molecule has 33 heavy (non-hydrogen) atoms. The zero-order chi connectivity index (χ0) is 22.6. The van der Waals surface area contributed by atoms with Crippen molar-refractivity contribution in [2.45, 2.75) is 18.9 Å². The second-order valence-electron chi connectivity index (χ2n) is 9.22. The Labute approximate surface area is 201 Å². The topological polar surface area (TPSA) is 48.1 Å². The summed E-state index contributed by atoms with van der Waals surface area (Å²) in [5.74, 6) is 0.123. The number of para-hydroxylation sites is 1. The number of anilines is 2. The minimum Gasteiger partial charge on any atom is -0.379 e. The van der Waals surface area contributed by atoms with Gasteiger partial charge >= 0.3 is 0 Å². The Balaban J connectivity index is 1.26. The van der Waals surface area contributed by atoms with E-state index in [1.807, 2.05) is 12.1 Å². The lowest BCUT2D eigenvalue weighted by atomic mass is 9.83. The van der Waals surface area contributed by atoms with Crippen molar-refractivity contribution in [3.8, 4) is 0 Å². The number of ether oxygens (including phenoxy) is 1. The molecule has 3 heterocycles. The lowest BCUT2D eigenvalue weighted by Crippen LogP contribution is -2.61. The zero-order valence-corrected chi connectivity index (χ0v) is 19.8. The van der Waals surface area contributed by atoms with Crippen molar-refractivity contribution in [2.24, 2.45) is 5.92 Å². The van der Waals surface area contributed by atoms with Crippen LogP contribution < -0.4 is 15.1 Å². The number of fused-ring (bicyclic) bond motifs is 3. The summed E-state index contributed by atoms with van der Waals surface area (Å²) in [6, 6.07) is 16.8. The number of nitrogens with one attached hydrogen (secondary N) is 1. The minimum absolute atomic E-state index is 0.0570. The van der Waals surface area contributed by atoms with E-state index >= 15 is 0 Å². The molecule has 2 unspecified atom stereocenters. The SMILES string of the molecule is O=C(NCCCN1CCOCC1)C1Cc2ccccc2N2CCN(c3ccc(Cl)cc3)CC12. The number of morpholine rings is 1. The van der Waals surface area contributed by atoms with Gasteiger partial charge in [0.1, 0.15) is 0 Å². The third-order valence-electron chi connectivity index (χ3n) is 7.21. The van der Waals surface area contributed by atoms with Crippen LogP contribution in [0.15, 0.2) is 48.5 Å². The number of hydrogen-bond acceptors (Lipinski definition) is 5. The second kappa shape index (κ2) is 10.3. The van der Waals surface area contributed by atoms with E-state index in [1.54, 1.807) is 0 Å². The second-order valence-corrected chi connectivity index (χ2v) is 9.66. The maximum absolute atomic E-state index is 13.4. The Morgan fingerprint density at radius 3 is 2.64 bits per heavy atom. The number of piperazine rings is 1. The van der Waals surface area contributed by atoms with E-state index in [1.165, 1.54) is 16.9 Å². The summed E-state index contributed by atoms with van der Waals surface area (Å²) in [5.41, 5.74) is 3.74. The molecule has 0 radical (unpaired) electrons. The van der Waals surface area contributed by atoms with E-state index in [4.69, 9.17) is 16.3 Å². The quantitative estimate of drug-likeness (QED) is 0.660. The molecule has 2 aromatic rings. The number of carbonyl (C=O) groups excluding carboxylic acids is 1. The number of carbonyl (C=O) groups is 1. The molecule has 0 aliphatic carbocycles. The van der Waals surface area contributed by atoms with Crippen LogP contribution in [0.2, 0.25) is 5.02 Å². The highest BCUT2D eigenvalue weighted by Gasteiger charge is 2.41. The van der Waals surface area contributed by atoms with Gasteiger partial charge in [0.05, 0.1) is 25.2 Å². The first-order valence-corrected chi connectivity index (χ1v) is 12.5. The highest BCUT2D eigenvalue weighted by Crippen LogP contribution is 2.37. The smallest absolute Gasteiger partial charge is 0.225 e. The Morgan fingerprint density at radius 2 is 1.82 bits per heavy atom. The van der Waals surface area contributed by atoms with Gasteiger partial charge in [0.25, 0.3) is 0 Å². The van der Waals surface area contributed by atoms with Crippen molar-refractivity contribution in [1.82, 2.24) is 10.2 Å². The van der Waals surface area contributed by atoms with Gasteiger partial charge in [0, 0.05) is 55.7 Å². The van der Waals surface area contributed by atoms with Crippen LogP contribution in [0.3, 0.4) is 0 Å². The van der Waals surface area contributed by atoms with Gasteiger partial charge < -0.3 is 19.9 Å². The first-order chi connectivity index (χ1) is 16.2. The fraction of sp³-hybridized carbons (Fsp3) is 0.500. The first-order valence-electron chi connectivity index (χ1n) is 12.1. The molecule has 6 nitrogen and oxygen atoms in total. The molecular weight excluding hydrogens is 436 g/mol. The molecule has 0 bridgehead atoms. The molecule has 2 aromatic carbocycles. The summed E-state index contributed by atoms with van der Waals surface area (Å²) in [7, 11) is 0. The molecule has 1 amide bonds. The molecule has 2 saturated heterocycles. The average molecular weight is 469 g/mol. The van der Waals surface area contributed by atoms with Crippen LogP contribution in [-0.2, 0) is 16.0 Å². The summed E-state index contributed by atoms with van der Waals surface area (Å²) in [6.45, 7) is 8.02. The van der Waals surface area contributed by atoms with Crippen LogP contribution >= 0.6 is 11.6 Å². The monoisotopic (exact) mass is 468 g/mol. The fourth-order valence-corrected chi connectivity index (χ4v) is 5.54. The summed E-state index contributed by atoms with van der Waals surface area (Å²) in [5, 5.41) is 4.01. The summed E-state index contributed by atoms with van der Waals surface area (Å²) >= 11 is 6.10. The van der Waals surface area contributed by atoms with Gasteiger partial charge in [-0.05, 0) is 55.3 Å². The Kier molecular flexibility index (Phi) is 7.04. The molecule has 2 atom stereocenters. The molecule has 1 N–H and O–H groups in total. The molecular formula is C26H33ClN4O2. The van der Waals surface area contributed by atoms with E-state index < -0.39 is 0 Å². The molecule has 7 heteroatoms. The van der Waals surface area contributed by atoms with Gasteiger partial charge in [0.2, 0.25) is 5.91 Å². The van der Waals surface area contributed by atoms with E-state index in [0.717, 1.165) is 76.9 Å². The number of nitrogens with zero attached hydrogens (tertiary/aromatic N) is 3. The first kappa shape index (κ1) is 22.5. The number of rotatable bonds is 6. The van der Waals surface area contributed by atoms with Crippen molar-refractivity contribution in [3.63, 3.8) is 0 Å². The molecule has 5 rings (SSSR count). The van der Waals surface area contributed by atoms with E-state index in [-0.39, 0.29) is 17.9 Å². The minimum atomic E-state index is -0.0570. The van der Waals surface area contributed by atoms with Gasteiger partial charge in [0.15, 0.2) is 0 Å². The number of hydrogen-bond donors (Lipinski definition) is 1. The molecule has 3 aliphatic heterocycles. The predicted octanol–water partition coefficient (Wildman–Crippen LogP) is 3.05. The predicted molar refractivity (Wildman–Crippen MR) is 133 cm³/mol. The van der Waals surface area contributed by atoms with Gasteiger partial charge in [-0.25, -0.2) is 0 Å². The van der Waals surface area contributed by atoms with Gasteiger partial charge in [-0.3, -0.25) is 9.69 Å². The van der Waals surface area contributed by atoms with Crippen LogP contribution in [0.25, 0.3) is 0 Å². The zero-order valence-electron chi connectivity index (χ0n) is 19.1. The van der Waals surface area contributed by atoms with Crippen molar-refractivity contribution in [2.75, 3.05) is 68.8 Å². The van der Waals surface area contributed by atoms with Crippen LogP contribution in [0, 0.1) is 5.92 Å². The van der Waals surface area contributed by atoms with E-state index in [0.29, 0.717) is 0 Å². The molecule has 0 spiro atoms. The maximum atomic E-state index is 13.4. The Morgan fingerprint density at radius 1 is 1.03 bits per heavy atom.